The largest absolute Gasteiger partial charge is 0.452 e. The highest BCUT2D eigenvalue weighted by atomic mass is 35.5. The number of anilines is 3. The van der Waals surface area contributed by atoms with Gasteiger partial charge in [-0.25, -0.2) is 29.3 Å². The van der Waals surface area contributed by atoms with E-state index >= 15 is 0 Å². The molecular weight excluding hydrogens is 1310 g/mol. The summed E-state index contributed by atoms with van der Waals surface area (Å²) in [7, 11) is 4.29. The number of benzene rings is 4. The van der Waals surface area contributed by atoms with Crippen LogP contribution in [-0.4, -0.2) is 145 Å². The molecule has 0 spiro atoms. The Hall–Kier alpha value is -8.90. The van der Waals surface area contributed by atoms with Gasteiger partial charge in [-0.3, -0.25) is 29.0 Å². The summed E-state index contributed by atoms with van der Waals surface area (Å²) in [5.41, 5.74) is 13.4. The fourth-order valence-electron chi connectivity index (χ4n) is 16.4. The first-order valence-corrected chi connectivity index (χ1v) is 37.1. The van der Waals surface area contributed by atoms with Crippen LogP contribution in [0.1, 0.15) is 151 Å². The number of imidazole rings is 3. The molecule has 1 aliphatic carbocycles. The van der Waals surface area contributed by atoms with Crippen molar-refractivity contribution in [2.24, 2.45) is 5.92 Å². The van der Waals surface area contributed by atoms with Crippen molar-refractivity contribution in [1.82, 2.24) is 53.6 Å². The predicted octanol–water partition coefficient (Wildman–Crippen LogP) is 13.0. The maximum absolute atomic E-state index is 12.6. The number of methoxy groups -OCH3 is 3. The monoisotopic (exact) mass is 1410 g/mol. The normalized spacial score (nSPS) is 21.0. The summed E-state index contributed by atoms with van der Waals surface area (Å²) in [6, 6.07) is 29.1. The van der Waals surface area contributed by atoms with Crippen LogP contribution in [0.4, 0.5) is 31.4 Å². The van der Waals surface area contributed by atoms with E-state index in [9.17, 15) is 24.0 Å². The number of fused-ring (bicyclic) bond motifs is 9. The lowest BCUT2D eigenvalue weighted by Crippen LogP contribution is -2.42. The van der Waals surface area contributed by atoms with Crippen molar-refractivity contribution in [3.05, 3.63) is 159 Å². The number of carbonyl (C=O) groups is 4. The lowest BCUT2D eigenvalue weighted by Gasteiger charge is -2.34. The standard InChI is InChI=1S/C27H35N5O4.C26H32N4O2.C25H30ClN5O3/c1-19-8-9-21-22(32(19)27(34)35-2)10-11-23-26(21)29-24(12-15-30-14-4-3-7-25(30)33)31(23)16-13-28-18-20-6-5-17-36-20;1-18-11-12-21-22(30(18)26(31)32-2)13-14-23-25(21)28-24(16-19-8-4-3-5-9-19)29(23)17-20-10-6-7-15-27-20;1-15-7-8-20-21(30(15)25(33)34-3)9-10-22-24(20)28-23(14-29-13-18(26)12-27-29)31(22)19-6-4-5-17(11-19)16(2)32/h3-4,7,10-11,14,19-20,28H,5-6,8-9,12-13,15-18H2,1-2H3;3-5,8-9,13-14,18,20,27H,6-7,10-12,15-17H2,1-2H3;9-10,12-13,15,17,19H,4-8,11,14H2,1-3H3/t19-,20+;18-,20-;15-,17+,19+/m000/s1. The molecule has 23 nitrogen and oxygen atoms in total. The van der Waals surface area contributed by atoms with Gasteiger partial charge in [0.05, 0.1) is 95.4 Å². The maximum Gasteiger partial charge on any atom is 0.414 e. The molecule has 5 aromatic heterocycles. The van der Waals surface area contributed by atoms with E-state index in [-0.39, 0.29) is 59.7 Å². The summed E-state index contributed by atoms with van der Waals surface area (Å²) in [6.07, 6.45) is 20.9. The molecule has 10 heterocycles. The number of nitrogens with one attached hydrogen (secondary N) is 2. The SMILES string of the molecule is COC(=O)N1c2ccc3c(nc(CCn4ccccc4=O)n3CCNC[C@H]3CCCO3)c2CC[C@@H]1C.COC(=O)N1c2ccc3c(nc(Cc4ccccc4)n3C[C@@H]3CCCCN3)c2CC[C@@H]1C.COC(=O)N1c2ccc3c(nc(Cn4cc(Cl)cn4)n3[C@@H]3CCC[C@@H](C(C)=O)C3)c2CC[C@@H]1C. The number of aromatic nitrogens is 9. The van der Waals surface area contributed by atoms with Crippen LogP contribution in [0.2, 0.25) is 5.02 Å². The molecule has 7 atom stereocenters. The van der Waals surface area contributed by atoms with Gasteiger partial charge in [0.1, 0.15) is 23.3 Å². The summed E-state index contributed by atoms with van der Waals surface area (Å²) in [4.78, 5) is 82.7. The number of piperidine rings is 1. The number of hydrogen-bond acceptors (Lipinski definition) is 15. The molecule has 3 amide bonds. The van der Waals surface area contributed by atoms with Crippen molar-refractivity contribution in [3.63, 3.8) is 0 Å². The minimum atomic E-state index is -0.352. The predicted molar refractivity (Wildman–Crippen MR) is 396 cm³/mol. The number of rotatable bonds is 16. The van der Waals surface area contributed by atoms with Crippen molar-refractivity contribution < 1.29 is 38.1 Å². The van der Waals surface area contributed by atoms with Crippen LogP contribution in [0.5, 0.6) is 0 Å². The number of aryl methyl sites for hydroxylation is 5. The van der Waals surface area contributed by atoms with Gasteiger partial charge in [0.25, 0.3) is 5.56 Å². The number of pyridine rings is 1. The summed E-state index contributed by atoms with van der Waals surface area (Å²) in [5, 5.41) is 12.2. The van der Waals surface area contributed by atoms with E-state index in [2.05, 4.69) is 91.0 Å². The minimum Gasteiger partial charge on any atom is -0.452 e. The first-order chi connectivity index (χ1) is 49.6. The van der Waals surface area contributed by atoms with E-state index < -0.39 is 0 Å². The van der Waals surface area contributed by atoms with Crippen LogP contribution >= 0.6 is 11.6 Å². The minimum absolute atomic E-state index is 0.0153. The van der Waals surface area contributed by atoms with Crippen LogP contribution in [-0.2, 0) is 82.0 Å². The van der Waals surface area contributed by atoms with Crippen LogP contribution in [0.15, 0.2) is 108 Å². The smallest absolute Gasteiger partial charge is 0.414 e. The molecule has 2 saturated heterocycles. The fraction of sp³-hybridized carbons (Fsp3) is 0.500. The van der Waals surface area contributed by atoms with Gasteiger partial charge in [0, 0.05) is 123 Å². The van der Waals surface area contributed by atoms with Crippen LogP contribution < -0.4 is 30.9 Å². The Kier molecular flexibility index (Phi) is 22.6. The molecule has 3 fully saturated rings. The molecule has 0 bridgehead atoms. The number of halogens is 1. The first kappa shape index (κ1) is 71.5. The fourth-order valence-corrected chi connectivity index (χ4v) is 16.5. The average molecular weight is 1410 g/mol. The van der Waals surface area contributed by atoms with Crippen LogP contribution in [0.25, 0.3) is 33.1 Å². The average Bonchev–Trinajstić information content (AvgIpc) is 1.58. The van der Waals surface area contributed by atoms with Gasteiger partial charge in [-0.05, 0) is 166 Å². The van der Waals surface area contributed by atoms with Gasteiger partial charge in [-0.15, -0.1) is 0 Å². The zero-order chi connectivity index (χ0) is 71.1. The molecule has 4 aromatic carbocycles. The number of ether oxygens (including phenoxy) is 4. The van der Waals surface area contributed by atoms with Gasteiger partial charge >= 0.3 is 18.3 Å². The maximum atomic E-state index is 12.6. The number of Topliss-reactive ketones (excluding diaryl/α,β-unsaturated/α-hetero) is 1. The third-order valence-electron chi connectivity index (χ3n) is 21.7. The van der Waals surface area contributed by atoms with Gasteiger partial charge in [-0.2, -0.15) is 5.10 Å². The second-order valence-corrected chi connectivity index (χ2v) is 28.7. The van der Waals surface area contributed by atoms with E-state index in [1.54, 1.807) is 55.4 Å². The zero-order valence-corrected chi connectivity index (χ0v) is 60.7. The third kappa shape index (κ3) is 15.3. The number of carbonyl (C=O) groups excluding carboxylic acids is 4. The highest BCUT2D eigenvalue weighted by Gasteiger charge is 2.37. The van der Waals surface area contributed by atoms with Crippen LogP contribution in [0.3, 0.4) is 0 Å². The van der Waals surface area contributed by atoms with E-state index in [0.717, 1.165) is 202 Å². The Labute approximate surface area is 600 Å². The number of ketones is 1. The number of nitrogens with zero attached hydrogens (tertiary/aromatic N) is 12. The molecule has 5 aliphatic heterocycles. The van der Waals surface area contributed by atoms with Gasteiger partial charge in [0.2, 0.25) is 0 Å². The molecule has 15 rings (SSSR count). The Morgan fingerprint density at radius 3 is 1.80 bits per heavy atom. The van der Waals surface area contributed by atoms with Crippen molar-refractivity contribution >= 4 is 85.8 Å². The highest BCUT2D eigenvalue weighted by Crippen LogP contribution is 2.43. The van der Waals surface area contributed by atoms with Crippen molar-refractivity contribution in [3.8, 4) is 0 Å². The summed E-state index contributed by atoms with van der Waals surface area (Å²) in [6.45, 7) is 14.2. The van der Waals surface area contributed by atoms with Gasteiger partial charge in [0.15, 0.2) is 0 Å². The molecule has 102 heavy (non-hydrogen) atoms. The van der Waals surface area contributed by atoms with E-state index in [0.29, 0.717) is 36.7 Å². The molecular formula is C78H97ClN14O9. The number of hydrogen-bond donors (Lipinski definition) is 2. The summed E-state index contributed by atoms with van der Waals surface area (Å²) >= 11 is 6.12. The van der Waals surface area contributed by atoms with Crippen molar-refractivity contribution in [2.75, 3.05) is 62.3 Å². The Morgan fingerprint density at radius 1 is 0.637 bits per heavy atom. The summed E-state index contributed by atoms with van der Waals surface area (Å²) in [5.74, 6) is 3.26. The highest BCUT2D eigenvalue weighted by molar-refractivity contribution is 6.30. The molecule has 0 radical (unpaired) electrons. The van der Waals surface area contributed by atoms with E-state index in [1.807, 2.05) is 38.2 Å². The lowest BCUT2D eigenvalue weighted by molar-refractivity contribution is -0.122. The zero-order valence-electron chi connectivity index (χ0n) is 60.0. The third-order valence-corrected chi connectivity index (χ3v) is 21.9. The van der Waals surface area contributed by atoms with Crippen LogP contribution in [0, 0.1) is 5.92 Å². The summed E-state index contributed by atoms with van der Waals surface area (Å²) < 4.78 is 31.5. The Bertz CT molecular complexity index is 4530. The van der Waals surface area contributed by atoms with Gasteiger partial charge in [-0.1, -0.05) is 60.8 Å². The Balaban J connectivity index is 0.000000137. The van der Waals surface area contributed by atoms with Gasteiger partial charge < -0.3 is 47.8 Å². The number of amides is 3. The molecule has 24 heteroatoms. The topological polar surface area (TPSA) is 232 Å². The van der Waals surface area contributed by atoms with E-state index in [1.165, 1.54) is 51.7 Å². The Morgan fingerprint density at radius 2 is 1.24 bits per heavy atom. The molecule has 9 aromatic rings. The molecule has 6 aliphatic rings. The second-order valence-electron chi connectivity index (χ2n) is 28.3. The van der Waals surface area contributed by atoms with Crippen molar-refractivity contribution in [1.29, 1.82) is 0 Å². The first-order valence-electron chi connectivity index (χ1n) is 36.7. The lowest BCUT2D eigenvalue weighted by atomic mass is 9.83. The molecule has 2 N–H and O–H groups in total. The second kappa shape index (κ2) is 32.2. The van der Waals surface area contributed by atoms with Crippen molar-refractivity contribution in [2.45, 2.75) is 199 Å². The molecule has 1 saturated carbocycles. The molecule has 540 valence electrons. The van der Waals surface area contributed by atoms with E-state index in [4.69, 9.17) is 45.5 Å². The quantitative estimate of drug-likeness (QED) is 0.0676. The molecule has 0 unspecified atom stereocenters.